The van der Waals surface area contributed by atoms with Crippen LogP contribution in [-0.4, -0.2) is 18.2 Å². The van der Waals surface area contributed by atoms with E-state index < -0.39 is 0 Å². The summed E-state index contributed by atoms with van der Waals surface area (Å²) in [5, 5.41) is 2.95. The number of hydrogen-bond acceptors (Lipinski definition) is 2. The summed E-state index contributed by atoms with van der Waals surface area (Å²) in [6.45, 7) is 6.86. The molecule has 0 spiro atoms. The minimum Gasteiger partial charge on any atom is -0.356 e. The quantitative estimate of drug-likeness (QED) is 0.281. The molecule has 0 aliphatic rings. The highest BCUT2D eigenvalue weighted by molar-refractivity contribution is 6.25. The molecular weight excluding hydrogens is 346 g/mol. The first kappa shape index (κ1) is 24.7. The fourth-order valence-electron chi connectivity index (χ4n) is 2.53. The molecule has 0 bridgehead atoms. The maximum absolute atomic E-state index is 12.2. The molecule has 0 aromatic heterocycles. The summed E-state index contributed by atoms with van der Waals surface area (Å²) in [6, 6.07) is 0. The van der Waals surface area contributed by atoms with Gasteiger partial charge in [0.15, 0.2) is 0 Å². The van der Waals surface area contributed by atoms with Gasteiger partial charge in [0.1, 0.15) is 5.78 Å². The van der Waals surface area contributed by atoms with Crippen LogP contribution in [0.2, 0.25) is 0 Å². The molecule has 0 saturated heterocycles. The minimum atomic E-state index is 0.0755. The second-order valence-electron chi connectivity index (χ2n) is 6.94. The van der Waals surface area contributed by atoms with E-state index in [2.05, 4.69) is 31.3 Å². The number of carbonyl (C=O) groups is 2. The molecule has 0 saturated carbocycles. The molecule has 0 heterocycles. The minimum absolute atomic E-state index is 0.0755. The van der Waals surface area contributed by atoms with Gasteiger partial charge in [0.2, 0.25) is 5.91 Å². The Kier molecular flexibility index (Phi) is 16.2. The molecule has 0 aromatic rings. The van der Waals surface area contributed by atoms with Gasteiger partial charge in [-0.15, -0.1) is 0 Å². The van der Waals surface area contributed by atoms with Crippen molar-refractivity contribution in [2.75, 3.05) is 6.54 Å². The second-order valence-corrected chi connectivity index (χ2v) is 7.19. The van der Waals surface area contributed by atoms with Gasteiger partial charge < -0.3 is 5.32 Å². The molecule has 0 fully saturated rings. The molecule has 0 aromatic carbocycles. The normalized spacial score (nSPS) is 14.3. The molecule has 4 heteroatoms. The van der Waals surface area contributed by atoms with Crippen molar-refractivity contribution in [1.82, 2.24) is 5.32 Å². The standard InChI is InChI=1S/C22H36ClNO2/c1-4-5-6-7-11-14-22(26)24-17-15-19(2)18-21(25)20(3)13-10-8-9-12-16-23/h6-9,12,16,19-20H,4-5,10-11,13-15,17-18H2,1-3H3,(H,24,26)/b7-6+,9-8+,16-12+/t19-,20+/m1/s1. The Balaban J connectivity index is 3.84. The fourth-order valence-corrected chi connectivity index (χ4v) is 2.62. The van der Waals surface area contributed by atoms with Crippen LogP contribution in [0, 0.1) is 11.8 Å². The lowest BCUT2D eigenvalue weighted by Gasteiger charge is -2.14. The zero-order valence-electron chi connectivity index (χ0n) is 16.7. The largest absolute Gasteiger partial charge is 0.356 e. The van der Waals surface area contributed by atoms with Crippen molar-refractivity contribution in [3.63, 3.8) is 0 Å². The predicted octanol–water partition coefficient (Wildman–Crippen LogP) is 5.95. The van der Waals surface area contributed by atoms with Gasteiger partial charge in [-0.3, -0.25) is 9.59 Å². The third-order valence-corrected chi connectivity index (χ3v) is 4.45. The van der Waals surface area contributed by atoms with Crippen LogP contribution in [0.15, 0.2) is 35.9 Å². The molecule has 0 radical (unpaired) electrons. The molecule has 0 aliphatic carbocycles. The zero-order chi connectivity index (χ0) is 19.6. The van der Waals surface area contributed by atoms with Gasteiger partial charge >= 0.3 is 0 Å². The van der Waals surface area contributed by atoms with Crippen LogP contribution in [0.3, 0.4) is 0 Å². The van der Waals surface area contributed by atoms with Crippen LogP contribution in [0.1, 0.15) is 72.1 Å². The number of hydrogen-bond donors (Lipinski definition) is 1. The van der Waals surface area contributed by atoms with Crippen molar-refractivity contribution < 1.29 is 9.59 Å². The summed E-state index contributed by atoms with van der Waals surface area (Å²) in [5.41, 5.74) is 1.47. The van der Waals surface area contributed by atoms with Crippen LogP contribution in [0.5, 0.6) is 0 Å². The highest BCUT2D eigenvalue weighted by atomic mass is 35.5. The molecule has 26 heavy (non-hydrogen) atoms. The Morgan fingerprint density at radius 2 is 1.73 bits per heavy atom. The van der Waals surface area contributed by atoms with Gasteiger partial charge in [-0.25, -0.2) is 0 Å². The first-order chi connectivity index (χ1) is 12.5. The molecule has 148 valence electrons. The van der Waals surface area contributed by atoms with Gasteiger partial charge in [0, 0.05) is 30.8 Å². The van der Waals surface area contributed by atoms with Crippen LogP contribution in [0.4, 0.5) is 0 Å². The average molecular weight is 382 g/mol. The maximum atomic E-state index is 12.2. The van der Waals surface area contributed by atoms with Crippen LogP contribution in [0.25, 0.3) is 0 Å². The number of carbonyl (C=O) groups excluding carboxylic acids is 2. The molecular formula is C22H36ClNO2. The SMILES string of the molecule is CCC/C=C/CCC(=O)NCC[C@@H](C)CC(=O)[C@@H](C)CC/C=C/C=C/Cl. The molecule has 1 amide bonds. The van der Waals surface area contributed by atoms with Crippen LogP contribution in [-0.2, 0) is 9.59 Å². The van der Waals surface area contributed by atoms with E-state index in [1.807, 2.05) is 19.1 Å². The van der Waals surface area contributed by atoms with Crippen LogP contribution >= 0.6 is 11.6 Å². The zero-order valence-corrected chi connectivity index (χ0v) is 17.4. The summed E-state index contributed by atoms with van der Waals surface area (Å²) >= 11 is 5.44. The third-order valence-electron chi connectivity index (χ3n) is 4.30. The van der Waals surface area contributed by atoms with E-state index in [0.29, 0.717) is 31.1 Å². The molecule has 0 aliphatic heterocycles. The predicted molar refractivity (Wildman–Crippen MR) is 112 cm³/mol. The molecule has 1 N–H and O–H groups in total. The Morgan fingerprint density at radius 1 is 1.00 bits per heavy atom. The molecule has 3 nitrogen and oxygen atoms in total. The van der Waals surface area contributed by atoms with Crippen molar-refractivity contribution in [3.05, 3.63) is 35.9 Å². The van der Waals surface area contributed by atoms with Crippen molar-refractivity contribution >= 4 is 23.3 Å². The molecule has 0 unspecified atom stereocenters. The van der Waals surface area contributed by atoms with Gasteiger partial charge in [-0.2, -0.15) is 0 Å². The summed E-state index contributed by atoms with van der Waals surface area (Å²) in [4.78, 5) is 24.0. The number of nitrogens with one attached hydrogen (secondary N) is 1. The van der Waals surface area contributed by atoms with Crippen LogP contribution < -0.4 is 5.32 Å². The summed E-state index contributed by atoms with van der Waals surface area (Å²) in [6.07, 6.45) is 16.6. The Labute approximate surface area is 165 Å². The maximum Gasteiger partial charge on any atom is 0.220 e. The monoisotopic (exact) mass is 381 g/mol. The lowest BCUT2D eigenvalue weighted by atomic mass is 9.92. The number of halogens is 1. The Hall–Kier alpha value is -1.35. The van der Waals surface area contributed by atoms with Gasteiger partial charge in [0.05, 0.1) is 0 Å². The lowest BCUT2D eigenvalue weighted by molar-refractivity contribution is -0.123. The topological polar surface area (TPSA) is 46.2 Å². The highest BCUT2D eigenvalue weighted by Gasteiger charge is 2.15. The van der Waals surface area contributed by atoms with E-state index in [0.717, 1.165) is 38.5 Å². The Bertz CT molecular complexity index is 469. The first-order valence-electron chi connectivity index (χ1n) is 9.87. The third kappa shape index (κ3) is 14.9. The fraction of sp³-hybridized carbons (Fsp3) is 0.636. The van der Waals surface area contributed by atoms with Crippen molar-refractivity contribution in [2.45, 2.75) is 72.1 Å². The number of Topliss-reactive ketones (excluding diaryl/α,β-unsaturated/α-hetero) is 1. The van der Waals surface area contributed by atoms with E-state index in [4.69, 9.17) is 11.6 Å². The van der Waals surface area contributed by atoms with Crippen molar-refractivity contribution in [2.24, 2.45) is 11.8 Å². The Morgan fingerprint density at radius 3 is 2.42 bits per heavy atom. The van der Waals surface area contributed by atoms with Gasteiger partial charge in [-0.05, 0) is 38.0 Å². The van der Waals surface area contributed by atoms with E-state index in [1.165, 1.54) is 5.54 Å². The first-order valence-corrected chi connectivity index (χ1v) is 10.3. The average Bonchev–Trinajstić information content (AvgIpc) is 2.61. The summed E-state index contributed by atoms with van der Waals surface area (Å²) in [5.74, 6) is 0.776. The second kappa shape index (κ2) is 17.1. The molecule has 2 atom stereocenters. The smallest absolute Gasteiger partial charge is 0.220 e. The number of ketones is 1. The summed E-state index contributed by atoms with van der Waals surface area (Å²) < 4.78 is 0. The van der Waals surface area contributed by atoms with Crippen molar-refractivity contribution in [1.29, 1.82) is 0 Å². The van der Waals surface area contributed by atoms with E-state index in [1.54, 1.807) is 6.08 Å². The highest BCUT2D eigenvalue weighted by Crippen LogP contribution is 2.15. The van der Waals surface area contributed by atoms with E-state index in [-0.39, 0.29) is 11.8 Å². The lowest BCUT2D eigenvalue weighted by Crippen LogP contribution is -2.26. The van der Waals surface area contributed by atoms with Gasteiger partial charge in [-0.1, -0.05) is 69.2 Å². The number of amides is 1. The van der Waals surface area contributed by atoms with Gasteiger partial charge in [0.25, 0.3) is 0 Å². The number of rotatable bonds is 15. The van der Waals surface area contributed by atoms with E-state index >= 15 is 0 Å². The summed E-state index contributed by atoms with van der Waals surface area (Å²) in [7, 11) is 0. The number of allylic oxidation sites excluding steroid dienone is 5. The number of unbranched alkanes of at least 4 members (excludes halogenated alkanes) is 1. The van der Waals surface area contributed by atoms with E-state index in [9.17, 15) is 9.59 Å². The van der Waals surface area contributed by atoms with Crippen molar-refractivity contribution in [3.8, 4) is 0 Å². The molecule has 0 rings (SSSR count).